The van der Waals surface area contributed by atoms with Crippen LogP contribution in [-0.2, 0) is 0 Å². The minimum atomic E-state index is 0.139. The standard InChI is InChI=1S/C15H22N2O/c1-10-9-14(18-6)11(2)12(3)15(10)13(7-8-16)17(4)5/h9,13H,7H2,1-6H3. The lowest BCUT2D eigenvalue weighted by Gasteiger charge is -2.27. The number of methoxy groups -OCH3 is 1. The average Bonchev–Trinajstić information content (AvgIpc) is 2.32. The molecule has 0 saturated carbocycles. The van der Waals surface area contributed by atoms with Gasteiger partial charge in [0.25, 0.3) is 0 Å². The molecule has 0 aliphatic heterocycles. The monoisotopic (exact) mass is 246 g/mol. The summed E-state index contributed by atoms with van der Waals surface area (Å²) < 4.78 is 5.38. The second-order valence-corrected chi connectivity index (χ2v) is 4.90. The largest absolute Gasteiger partial charge is 0.496 e. The first-order valence-corrected chi connectivity index (χ1v) is 6.12. The van der Waals surface area contributed by atoms with E-state index in [4.69, 9.17) is 10.00 Å². The van der Waals surface area contributed by atoms with Gasteiger partial charge in [0.1, 0.15) is 5.75 Å². The van der Waals surface area contributed by atoms with Crippen LogP contribution in [0.25, 0.3) is 0 Å². The molecule has 1 aromatic carbocycles. The summed E-state index contributed by atoms with van der Waals surface area (Å²) in [6.45, 7) is 6.25. The number of hydrogen-bond donors (Lipinski definition) is 0. The van der Waals surface area contributed by atoms with Crippen molar-refractivity contribution in [1.82, 2.24) is 4.90 Å². The fourth-order valence-corrected chi connectivity index (χ4v) is 2.42. The molecule has 0 aromatic heterocycles. The smallest absolute Gasteiger partial charge is 0.122 e. The van der Waals surface area contributed by atoms with Crippen LogP contribution in [0.1, 0.15) is 34.7 Å². The van der Waals surface area contributed by atoms with Crippen LogP contribution in [0.5, 0.6) is 5.75 Å². The summed E-state index contributed by atoms with van der Waals surface area (Å²) >= 11 is 0. The highest BCUT2D eigenvalue weighted by Crippen LogP contribution is 2.34. The van der Waals surface area contributed by atoms with Crippen LogP contribution < -0.4 is 4.74 Å². The lowest BCUT2D eigenvalue weighted by Crippen LogP contribution is -2.21. The maximum Gasteiger partial charge on any atom is 0.122 e. The first-order valence-electron chi connectivity index (χ1n) is 6.12. The van der Waals surface area contributed by atoms with Crippen LogP contribution in [0.2, 0.25) is 0 Å². The summed E-state index contributed by atoms with van der Waals surface area (Å²) in [4.78, 5) is 2.10. The summed E-state index contributed by atoms with van der Waals surface area (Å²) in [5.41, 5.74) is 4.81. The molecule has 98 valence electrons. The van der Waals surface area contributed by atoms with Gasteiger partial charge in [0.15, 0.2) is 0 Å². The molecule has 0 aliphatic rings. The molecule has 0 saturated heterocycles. The van der Waals surface area contributed by atoms with E-state index < -0.39 is 0 Å². The molecule has 0 N–H and O–H groups in total. The number of hydrogen-bond acceptors (Lipinski definition) is 3. The maximum atomic E-state index is 9.00. The molecular weight excluding hydrogens is 224 g/mol. The minimum Gasteiger partial charge on any atom is -0.496 e. The van der Waals surface area contributed by atoms with Gasteiger partial charge in [-0.05, 0) is 63.2 Å². The molecule has 1 aromatic rings. The molecule has 0 aliphatic carbocycles. The Hall–Kier alpha value is -1.53. The molecular formula is C15H22N2O. The van der Waals surface area contributed by atoms with Gasteiger partial charge in [-0.2, -0.15) is 5.26 Å². The van der Waals surface area contributed by atoms with E-state index in [1.165, 1.54) is 16.7 Å². The average molecular weight is 246 g/mol. The van der Waals surface area contributed by atoms with Crippen molar-refractivity contribution in [2.24, 2.45) is 0 Å². The molecule has 0 radical (unpaired) electrons. The molecule has 0 amide bonds. The molecule has 3 nitrogen and oxygen atoms in total. The maximum absolute atomic E-state index is 9.00. The Morgan fingerprint density at radius 2 is 1.89 bits per heavy atom. The SMILES string of the molecule is COc1cc(C)c(C(CC#N)N(C)C)c(C)c1C. The van der Waals surface area contributed by atoms with E-state index in [1.54, 1.807) is 7.11 Å². The van der Waals surface area contributed by atoms with E-state index in [-0.39, 0.29) is 6.04 Å². The zero-order chi connectivity index (χ0) is 13.9. The molecule has 1 rings (SSSR count). The van der Waals surface area contributed by atoms with Gasteiger partial charge in [-0.1, -0.05) is 0 Å². The molecule has 1 unspecified atom stereocenters. The molecule has 0 bridgehead atoms. The van der Waals surface area contributed by atoms with Crippen molar-refractivity contribution >= 4 is 0 Å². The van der Waals surface area contributed by atoms with Crippen LogP contribution in [0.4, 0.5) is 0 Å². The van der Waals surface area contributed by atoms with Crippen LogP contribution in [-0.4, -0.2) is 26.1 Å². The van der Waals surface area contributed by atoms with E-state index in [2.05, 4.69) is 37.8 Å². The van der Waals surface area contributed by atoms with Crippen molar-refractivity contribution in [2.75, 3.05) is 21.2 Å². The highest BCUT2D eigenvalue weighted by molar-refractivity contribution is 5.49. The van der Waals surface area contributed by atoms with Crippen LogP contribution >= 0.6 is 0 Å². The van der Waals surface area contributed by atoms with E-state index in [1.807, 2.05) is 14.1 Å². The van der Waals surface area contributed by atoms with E-state index in [9.17, 15) is 0 Å². The van der Waals surface area contributed by atoms with Crippen LogP contribution in [0.15, 0.2) is 6.07 Å². The van der Waals surface area contributed by atoms with Gasteiger partial charge >= 0.3 is 0 Å². The molecule has 1 atom stereocenters. The fraction of sp³-hybridized carbons (Fsp3) is 0.533. The van der Waals surface area contributed by atoms with Crippen molar-refractivity contribution in [3.8, 4) is 11.8 Å². The number of rotatable bonds is 4. The normalized spacial score (nSPS) is 12.3. The number of aryl methyl sites for hydroxylation is 1. The fourth-order valence-electron chi connectivity index (χ4n) is 2.42. The molecule has 0 heterocycles. The predicted octanol–water partition coefficient (Wildman–Crippen LogP) is 3.14. The third-order valence-electron chi connectivity index (χ3n) is 3.57. The second-order valence-electron chi connectivity index (χ2n) is 4.90. The van der Waals surface area contributed by atoms with Gasteiger partial charge < -0.3 is 9.64 Å². The molecule has 18 heavy (non-hydrogen) atoms. The summed E-state index contributed by atoms with van der Waals surface area (Å²) in [5, 5.41) is 9.00. The summed E-state index contributed by atoms with van der Waals surface area (Å²) in [6.07, 6.45) is 0.500. The first-order chi connectivity index (χ1) is 8.43. The van der Waals surface area contributed by atoms with Gasteiger partial charge in [-0.15, -0.1) is 0 Å². The number of nitrogens with zero attached hydrogens (tertiary/aromatic N) is 2. The van der Waals surface area contributed by atoms with Crippen molar-refractivity contribution in [1.29, 1.82) is 5.26 Å². The molecule has 3 heteroatoms. The number of ether oxygens (including phenoxy) is 1. The zero-order valence-electron chi connectivity index (χ0n) is 12.2. The van der Waals surface area contributed by atoms with Gasteiger partial charge in [0.05, 0.1) is 19.6 Å². The lowest BCUT2D eigenvalue weighted by atomic mass is 9.90. The van der Waals surface area contributed by atoms with Crippen molar-refractivity contribution in [3.63, 3.8) is 0 Å². The van der Waals surface area contributed by atoms with E-state index in [0.29, 0.717) is 6.42 Å². The van der Waals surface area contributed by atoms with E-state index >= 15 is 0 Å². The first kappa shape index (κ1) is 14.5. The van der Waals surface area contributed by atoms with Gasteiger partial charge in [-0.25, -0.2) is 0 Å². The Bertz CT molecular complexity index is 472. The summed E-state index contributed by atoms with van der Waals surface area (Å²) in [7, 11) is 5.72. The Balaban J connectivity index is 3.40. The summed E-state index contributed by atoms with van der Waals surface area (Å²) in [5.74, 6) is 0.920. The van der Waals surface area contributed by atoms with Crippen molar-refractivity contribution in [2.45, 2.75) is 33.2 Å². The Morgan fingerprint density at radius 1 is 1.28 bits per heavy atom. The van der Waals surface area contributed by atoms with Crippen molar-refractivity contribution < 1.29 is 4.74 Å². The molecule has 0 spiro atoms. The van der Waals surface area contributed by atoms with Crippen LogP contribution in [0, 0.1) is 32.1 Å². The van der Waals surface area contributed by atoms with Crippen molar-refractivity contribution in [3.05, 3.63) is 28.3 Å². The third kappa shape index (κ3) is 2.65. The quantitative estimate of drug-likeness (QED) is 0.819. The third-order valence-corrected chi connectivity index (χ3v) is 3.57. The zero-order valence-corrected chi connectivity index (χ0v) is 12.2. The van der Waals surface area contributed by atoms with E-state index in [0.717, 1.165) is 11.3 Å². The minimum absolute atomic E-state index is 0.139. The highest BCUT2D eigenvalue weighted by Gasteiger charge is 2.20. The second kappa shape index (κ2) is 5.88. The molecule has 0 fully saturated rings. The van der Waals surface area contributed by atoms with Gasteiger partial charge in [-0.3, -0.25) is 0 Å². The summed E-state index contributed by atoms with van der Waals surface area (Å²) in [6, 6.07) is 4.48. The highest BCUT2D eigenvalue weighted by atomic mass is 16.5. The number of nitriles is 1. The topological polar surface area (TPSA) is 36.3 Å². The Labute approximate surface area is 110 Å². The number of benzene rings is 1. The lowest BCUT2D eigenvalue weighted by molar-refractivity contribution is 0.301. The predicted molar refractivity (Wildman–Crippen MR) is 73.9 cm³/mol. The Kier molecular flexibility index (Phi) is 4.75. The van der Waals surface area contributed by atoms with Gasteiger partial charge in [0, 0.05) is 6.04 Å². The Morgan fingerprint density at radius 3 is 2.33 bits per heavy atom. The van der Waals surface area contributed by atoms with Crippen LogP contribution in [0.3, 0.4) is 0 Å². The van der Waals surface area contributed by atoms with Gasteiger partial charge in [0.2, 0.25) is 0 Å².